The molecule has 0 atom stereocenters. The average molecular weight is 220 g/mol. The molecule has 1 heterocycles. The zero-order chi connectivity index (χ0) is 11.5. The third-order valence-corrected chi connectivity index (χ3v) is 2.73. The lowest BCUT2D eigenvalue weighted by Crippen LogP contribution is -1.80. The zero-order valence-electron chi connectivity index (χ0n) is 9.30. The van der Waals surface area contributed by atoms with Gasteiger partial charge < -0.3 is 4.98 Å². The van der Waals surface area contributed by atoms with Crippen molar-refractivity contribution in [1.82, 2.24) is 4.98 Å². The van der Waals surface area contributed by atoms with Gasteiger partial charge in [0.25, 0.3) is 0 Å². The van der Waals surface area contributed by atoms with Gasteiger partial charge in [-0.05, 0) is 17.5 Å². The molecule has 0 aliphatic rings. The van der Waals surface area contributed by atoms with Crippen LogP contribution in [0.4, 0.5) is 5.69 Å². The number of aromatic amines is 1. The molecule has 0 aliphatic heterocycles. The summed E-state index contributed by atoms with van der Waals surface area (Å²) in [4.78, 5) is 7.68. The molecule has 2 aromatic carbocycles. The number of nitrogens with one attached hydrogen (secondary N) is 1. The van der Waals surface area contributed by atoms with Crippen molar-refractivity contribution in [3.05, 3.63) is 66.5 Å². The minimum Gasteiger partial charge on any atom is -0.359 e. The van der Waals surface area contributed by atoms with E-state index >= 15 is 0 Å². The second-order valence-electron chi connectivity index (χ2n) is 3.88. The van der Waals surface area contributed by atoms with Crippen molar-refractivity contribution < 1.29 is 0 Å². The lowest BCUT2D eigenvalue weighted by molar-refractivity contribution is 1.39. The topological polar surface area (TPSA) is 28.1 Å². The summed E-state index contributed by atoms with van der Waals surface area (Å²) < 4.78 is 0. The van der Waals surface area contributed by atoms with Gasteiger partial charge in [-0.25, -0.2) is 0 Å². The molecule has 0 saturated heterocycles. The van der Waals surface area contributed by atoms with Crippen LogP contribution in [0.1, 0.15) is 5.69 Å². The Balaban J connectivity index is 1.98. The third-order valence-electron chi connectivity index (χ3n) is 2.73. The highest BCUT2D eigenvalue weighted by molar-refractivity contribution is 5.99. The van der Waals surface area contributed by atoms with Gasteiger partial charge in [0.1, 0.15) is 0 Å². The fraction of sp³-hybridized carbons (Fsp3) is 0. The lowest BCUT2D eigenvalue weighted by Gasteiger charge is -1.92. The quantitative estimate of drug-likeness (QED) is 0.634. The van der Waals surface area contributed by atoms with Crippen molar-refractivity contribution in [3.8, 4) is 0 Å². The number of H-pyrrole nitrogens is 1. The van der Waals surface area contributed by atoms with Crippen molar-refractivity contribution in [2.45, 2.75) is 0 Å². The maximum absolute atomic E-state index is 4.44. The van der Waals surface area contributed by atoms with Gasteiger partial charge in [0.15, 0.2) is 0 Å². The Morgan fingerprint density at radius 2 is 1.65 bits per heavy atom. The van der Waals surface area contributed by atoms with Crippen LogP contribution in [0.2, 0.25) is 0 Å². The van der Waals surface area contributed by atoms with E-state index in [9.17, 15) is 0 Å². The van der Waals surface area contributed by atoms with Gasteiger partial charge in [-0.3, -0.25) is 4.99 Å². The Hall–Kier alpha value is -2.35. The van der Waals surface area contributed by atoms with Crippen LogP contribution in [0.5, 0.6) is 0 Å². The Labute approximate surface area is 99.6 Å². The van der Waals surface area contributed by atoms with E-state index in [-0.39, 0.29) is 0 Å². The van der Waals surface area contributed by atoms with E-state index in [1.165, 1.54) is 10.8 Å². The van der Waals surface area contributed by atoms with Gasteiger partial charge in [-0.2, -0.15) is 0 Å². The van der Waals surface area contributed by atoms with Gasteiger partial charge in [0, 0.05) is 11.6 Å². The zero-order valence-corrected chi connectivity index (χ0v) is 9.30. The molecule has 0 amide bonds. The second-order valence-corrected chi connectivity index (χ2v) is 3.88. The molecule has 17 heavy (non-hydrogen) atoms. The highest BCUT2D eigenvalue weighted by Gasteiger charge is 1.98. The molecule has 0 aliphatic carbocycles. The number of hydrogen-bond acceptors (Lipinski definition) is 1. The summed E-state index contributed by atoms with van der Waals surface area (Å²) in [5.41, 5.74) is 2.01. The van der Waals surface area contributed by atoms with Crippen molar-refractivity contribution >= 4 is 22.7 Å². The summed E-state index contributed by atoms with van der Waals surface area (Å²) >= 11 is 0. The summed E-state index contributed by atoms with van der Waals surface area (Å²) in [6.45, 7) is 0. The smallest absolute Gasteiger partial charge is 0.0646 e. The first-order valence-electron chi connectivity index (χ1n) is 5.59. The van der Waals surface area contributed by atoms with Crippen molar-refractivity contribution in [3.63, 3.8) is 0 Å². The molecular formula is C15H12N2. The first-order valence-corrected chi connectivity index (χ1v) is 5.59. The van der Waals surface area contributed by atoms with Crippen LogP contribution in [0, 0.1) is 0 Å². The number of para-hydroxylation sites is 1. The number of nitrogens with zero attached hydrogens (tertiary/aromatic N) is 1. The van der Waals surface area contributed by atoms with Gasteiger partial charge in [0.2, 0.25) is 0 Å². The Kier molecular flexibility index (Phi) is 2.47. The molecule has 2 nitrogen and oxygen atoms in total. The highest BCUT2D eigenvalue weighted by atomic mass is 14.8. The molecule has 1 aromatic heterocycles. The molecule has 0 bridgehead atoms. The Morgan fingerprint density at radius 1 is 0.882 bits per heavy atom. The molecule has 82 valence electrons. The number of aromatic nitrogens is 1. The molecule has 0 unspecified atom stereocenters. The molecule has 0 saturated carbocycles. The monoisotopic (exact) mass is 220 g/mol. The molecule has 3 rings (SSSR count). The van der Waals surface area contributed by atoms with E-state index in [0.29, 0.717) is 0 Å². The maximum atomic E-state index is 4.44. The van der Waals surface area contributed by atoms with Crippen molar-refractivity contribution in [1.29, 1.82) is 0 Å². The van der Waals surface area contributed by atoms with Crippen molar-refractivity contribution in [2.24, 2.45) is 4.99 Å². The van der Waals surface area contributed by atoms with E-state index in [4.69, 9.17) is 0 Å². The van der Waals surface area contributed by atoms with Crippen LogP contribution in [0.15, 0.2) is 65.8 Å². The number of benzene rings is 2. The fourth-order valence-corrected chi connectivity index (χ4v) is 1.86. The molecule has 1 N–H and O–H groups in total. The molecular weight excluding hydrogens is 208 g/mol. The summed E-state index contributed by atoms with van der Waals surface area (Å²) in [7, 11) is 0. The molecule has 0 radical (unpaired) electrons. The molecule has 3 aromatic rings. The predicted octanol–water partition coefficient (Wildman–Crippen LogP) is 3.92. The van der Waals surface area contributed by atoms with Crippen LogP contribution in [0.25, 0.3) is 10.8 Å². The van der Waals surface area contributed by atoms with E-state index in [1.54, 1.807) is 0 Å². The first-order chi connectivity index (χ1) is 8.43. The number of fused-ring (bicyclic) bond motifs is 1. The van der Waals surface area contributed by atoms with Crippen LogP contribution in [-0.4, -0.2) is 11.2 Å². The molecule has 0 spiro atoms. The second kappa shape index (κ2) is 4.26. The summed E-state index contributed by atoms with van der Waals surface area (Å²) in [6, 6.07) is 18.2. The highest BCUT2D eigenvalue weighted by Crippen LogP contribution is 2.17. The Bertz CT molecular complexity index is 651. The normalized spacial score (nSPS) is 11.3. The van der Waals surface area contributed by atoms with E-state index in [0.717, 1.165) is 11.4 Å². The number of hydrogen-bond donors (Lipinski definition) is 1. The Morgan fingerprint density at radius 3 is 2.53 bits per heavy atom. The van der Waals surface area contributed by atoms with Gasteiger partial charge >= 0.3 is 0 Å². The number of rotatable bonds is 2. The largest absolute Gasteiger partial charge is 0.359 e. The van der Waals surface area contributed by atoms with Crippen LogP contribution in [-0.2, 0) is 0 Å². The first kappa shape index (κ1) is 9.85. The summed E-state index contributed by atoms with van der Waals surface area (Å²) in [5, 5.41) is 2.41. The van der Waals surface area contributed by atoms with Crippen LogP contribution >= 0.6 is 0 Å². The minimum atomic E-state index is 0.964. The van der Waals surface area contributed by atoms with Gasteiger partial charge in [-0.15, -0.1) is 0 Å². The van der Waals surface area contributed by atoms with E-state index in [2.05, 4.69) is 22.1 Å². The third kappa shape index (κ3) is 1.97. The van der Waals surface area contributed by atoms with Crippen LogP contribution < -0.4 is 0 Å². The van der Waals surface area contributed by atoms with Gasteiger partial charge in [0.05, 0.1) is 17.6 Å². The number of aliphatic imine (C=N–C) groups is 1. The average Bonchev–Trinajstić information content (AvgIpc) is 2.81. The minimum absolute atomic E-state index is 0.964. The predicted molar refractivity (Wildman–Crippen MR) is 72.0 cm³/mol. The lowest BCUT2D eigenvalue weighted by atomic mass is 10.2. The molecule has 0 fully saturated rings. The molecule has 2 heteroatoms. The van der Waals surface area contributed by atoms with E-state index in [1.807, 2.05) is 54.9 Å². The summed E-state index contributed by atoms with van der Waals surface area (Å²) in [6.07, 6.45) is 3.87. The summed E-state index contributed by atoms with van der Waals surface area (Å²) in [5.74, 6) is 0. The van der Waals surface area contributed by atoms with E-state index < -0.39 is 0 Å². The standard InChI is InChI=1S/C15H12N2/c1-2-7-13(8-3-1)16-11-15-14-9-5-4-6-12(14)10-17-15/h1-11,17H. The van der Waals surface area contributed by atoms with Crippen molar-refractivity contribution in [2.75, 3.05) is 0 Å². The maximum Gasteiger partial charge on any atom is 0.0646 e. The fourth-order valence-electron chi connectivity index (χ4n) is 1.86. The SMILES string of the molecule is C(=Nc1ccccc1)c1[nH]cc2ccccc12. The van der Waals surface area contributed by atoms with Gasteiger partial charge in [-0.1, -0.05) is 42.5 Å². The van der Waals surface area contributed by atoms with Crippen LogP contribution in [0.3, 0.4) is 0 Å².